The molecule has 2 aliphatic rings. The lowest BCUT2D eigenvalue weighted by Crippen LogP contribution is -2.46. The fourth-order valence-corrected chi connectivity index (χ4v) is 4.04. The van der Waals surface area contributed by atoms with Gasteiger partial charge in [0.15, 0.2) is 11.5 Å². The zero-order valence-electron chi connectivity index (χ0n) is 15.4. The number of rotatable bonds is 4. The van der Waals surface area contributed by atoms with Gasteiger partial charge in [-0.05, 0) is 42.7 Å². The molecule has 0 atom stereocenters. The Morgan fingerprint density at radius 1 is 1.14 bits per heavy atom. The van der Waals surface area contributed by atoms with Crippen LogP contribution < -0.4 is 15.0 Å². The van der Waals surface area contributed by atoms with Gasteiger partial charge >= 0.3 is 0 Å². The minimum Gasteiger partial charge on any atom is -0.449 e. The van der Waals surface area contributed by atoms with Crippen molar-refractivity contribution in [1.82, 2.24) is 5.32 Å². The molecule has 28 heavy (non-hydrogen) atoms. The van der Waals surface area contributed by atoms with Gasteiger partial charge in [0.05, 0.1) is 5.69 Å². The van der Waals surface area contributed by atoms with E-state index in [1.807, 2.05) is 36.4 Å². The molecule has 5 nitrogen and oxygen atoms in total. The third-order valence-corrected chi connectivity index (χ3v) is 5.77. The molecular weight excluding hydrogens is 420 g/mol. The number of nitrogens with zero attached hydrogens (tertiary/aromatic N) is 1. The van der Waals surface area contributed by atoms with Crippen molar-refractivity contribution in [2.75, 3.05) is 11.4 Å². The van der Waals surface area contributed by atoms with Crippen LogP contribution in [0.4, 0.5) is 5.69 Å². The number of para-hydroxylation sites is 2. The molecule has 1 aliphatic carbocycles. The second-order valence-electron chi connectivity index (χ2n) is 7.04. The number of ether oxygens (including phenoxy) is 1. The number of nitrogens with one attached hydrogen (secondary N) is 1. The highest BCUT2D eigenvalue weighted by Gasteiger charge is 2.32. The van der Waals surface area contributed by atoms with Crippen molar-refractivity contribution < 1.29 is 14.3 Å². The molecule has 0 spiro atoms. The normalized spacial score (nSPS) is 18.1. The molecule has 2 aromatic rings. The van der Waals surface area contributed by atoms with Crippen LogP contribution in [0.3, 0.4) is 0 Å². The maximum atomic E-state index is 13.1. The quantitative estimate of drug-likeness (QED) is 0.721. The molecule has 144 valence electrons. The van der Waals surface area contributed by atoms with Crippen molar-refractivity contribution in [3.8, 4) is 5.75 Å². The summed E-state index contributed by atoms with van der Waals surface area (Å²) in [4.78, 5) is 27.2. The van der Waals surface area contributed by atoms with Crippen LogP contribution in [-0.2, 0) is 9.59 Å². The summed E-state index contributed by atoms with van der Waals surface area (Å²) in [6, 6.07) is 15.1. The average Bonchev–Trinajstić information content (AvgIpc) is 3.19. The molecule has 0 bridgehead atoms. The maximum absolute atomic E-state index is 13.1. The van der Waals surface area contributed by atoms with Gasteiger partial charge in [0, 0.05) is 10.5 Å². The minimum atomic E-state index is -0.323. The molecule has 0 unspecified atom stereocenters. The summed E-state index contributed by atoms with van der Waals surface area (Å²) in [5.41, 5.74) is 1.44. The van der Waals surface area contributed by atoms with E-state index >= 15 is 0 Å². The van der Waals surface area contributed by atoms with E-state index in [-0.39, 0.29) is 30.2 Å². The van der Waals surface area contributed by atoms with E-state index in [0.29, 0.717) is 11.4 Å². The Morgan fingerprint density at radius 3 is 2.64 bits per heavy atom. The maximum Gasteiger partial charge on any atom is 0.294 e. The van der Waals surface area contributed by atoms with Crippen LogP contribution in [0.5, 0.6) is 5.75 Å². The number of amides is 2. The number of fused-ring (bicyclic) bond motifs is 1. The van der Waals surface area contributed by atoms with Gasteiger partial charge in [-0.2, -0.15) is 0 Å². The van der Waals surface area contributed by atoms with Crippen molar-refractivity contribution in [3.05, 3.63) is 64.3 Å². The first kappa shape index (κ1) is 18.7. The molecule has 0 aromatic heterocycles. The molecule has 1 N–H and O–H groups in total. The van der Waals surface area contributed by atoms with E-state index in [1.165, 1.54) is 4.90 Å². The molecule has 0 saturated heterocycles. The topological polar surface area (TPSA) is 58.6 Å². The SMILES string of the molecule is O=C(CN1C(=O)C(=Cc2ccccc2Br)Oc2ccccc21)NC1CCCC1. The third-order valence-electron chi connectivity index (χ3n) is 5.05. The zero-order valence-corrected chi connectivity index (χ0v) is 16.9. The Kier molecular flexibility index (Phi) is 5.48. The van der Waals surface area contributed by atoms with Crippen molar-refractivity contribution in [1.29, 1.82) is 0 Å². The minimum absolute atomic E-state index is 0.0248. The first-order chi connectivity index (χ1) is 13.6. The van der Waals surface area contributed by atoms with Gasteiger partial charge in [0.1, 0.15) is 6.54 Å². The fourth-order valence-electron chi connectivity index (χ4n) is 3.64. The van der Waals surface area contributed by atoms with E-state index in [1.54, 1.807) is 18.2 Å². The number of benzene rings is 2. The lowest BCUT2D eigenvalue weighted by atomic mass is 10.1. The molecule has 2 amide bonds. The molecule has 4 rings (SSSR count). The van der Waals surface area contributed by atoms with Crippen LogP contribution in [0.15, 0.2) is 58.8 Å². The largest absolute Gasteiger partial charge is 0.449 e. The van der Waals surface area contributed by atoms with Gasteiger partial charge in [0.2, 0.25) is 5.91 Å². The number of carbonyl (C=O) groups is 2. The first-order valence-corrected chi connectivity index (χ1v) is 10.3. The number of carbonyl (C=O) groups excluding carboxylic acids is 2. The van der Waals surface area contributed by atoms with E-state index in [2.05, 4.69) is 21.2 Å². The molecule has 6 heteroatoms. The predicted molar refractivity (Wildman–Crippen MR) is 112 cm³/mol. The van der Waals surface area contributed by atoms with E-state index < -0.39 is 0 Å². The van der Waals surface area contributed by atoms with Crippen LogP contribution in [0.25, 0.3) is 6.08 Å². The van der Waals surface area contributed by atoms with E-state index in [4.69, 9.17) is 4.74 Å². The number of halogens is 1. The Hall–Kier alpha value is -2.60. The lowest BCUT2D eigenvalue weighted by Gasteiger charge is -2.30. The molecule has 0 radical (unpaired) electrons. The molecule has 1 aliphatic heterocycles. The Balaban J connectivity index is 1.61. The molecule has 1 fully saturated rings. The first-order valence-electron chi connectivity index (χ1n) is 9.46. The summed E-state index contributed by atoms with van der Waals surface area (Å²) < 4.78 is 6.73. The zero-order chi connectivity index (χ0) is 19.5. The summed E-state index contributed by atoms with van der Waals surface area (Å²) in [7, 11) is 0. The summed E-state index contributed by atoms with van der Waals surface area (Å²) in [6.45, 7) is -0.0248. The van der Waals surface area contributed by atoms with Gasteiger partial charge in [-0.1, -0.05) is 59.1 Å². The van der Waals surface area contributed by atoms with Gasteiger partial charge in [-0.15, -0.1) is 0 Å². The number of anilines is 1. The number of hydrogen-bond donors (Lipinski definition) is 1. The molecule has 1 heterocycles. The smallest absolute Gasteiger partial charge is 0.294 e. The van der Waals surface area contributed by atoms with Crippen LogP contribution in [0.1, 0.15) is 31.2 Å². The molecule has 1 saturated carbocycles. The summed E-state index contributed by atoms with van der Waals surface area (Å²) in [5, 5.41) is 3.05. The van der Waals surface area contributed by atoms with Crippen LogP contribution in [0, 0.1) is 0 Å². The second kappa shape index (κ2) is 8.19. The highest BCUT2D eigenvalue weighted by Crippen LogP contribution is 2.36. The van der Waals surface area contributed by atoms with Gasteiger partial charge in [-0.25, -0.2) is 0 Å². The highest BCUT2D eigenvalue weighted by atomic mass is 79.9. The average molecular weight is 441 g/mol. The van der Waals surface area contributed by atoms with Gasteiger partial charge in [-0.3, -0.25) is 14.5 Å². The van der Waals surface area contributed by atoms with Gasteiger partial charge in [0.25, 0.3) is 5.91 Å². The van der Waals surface area contributed by atoms with Gasteiger partial charge < -0.3 is 10.1 Å². The van der Waals surface area contributed by atoms with E-state index in [0.717, 1.165) is 35.7 Å². The molecule has 2 aromatic carbocycles. The van der Waals surface area contributed by atoms with Crippen molar-refractivity contribution >= 4 is 39.5 Å². The van der Waals surface area contributed by atoms with Crippen LogP contribution >= 0.6 is 15.9 Å². The van der Waals surface area contributed by atoms with Crippen molar-refractivity contribution in [3.63, 3.8) is 0 Å². The van der Waals surface area contributed by atoms with E-state index in [9.17, 15) is 9.59 Å². The second-order valence-corrected chi connectivity index (χ2v) is 7.89. The Labute approximate surface area is 172 Å². The lowest BCUT2D eigenvalue weighted by molar-refractivity contribution is -0.123. The van der Waals surface area contributed by atoms with Crippen LogP contribution in [-0.4, -0.2) is 24.4 Å². The third kappa shape index (κ3) is 3.97. The van der Waals surface area contributed by atoms with Crippen LogP contribution in [0.2, 0.25) is 0 Å². The summed E-state index contributed by atoms with van der Waals surface area (Å²) in [6.07, 6.45) is 6.00. The predicted octanol–water partition coefficient (Wildman–Crippen LogP) is 4.27. The standard InChI is InChI=1S/C22H21BrN2O3/c23-17-10-4-1-7-15(17)13-20-22(27)25(18-11-5-6-12-19(18)28-20)14-21(26)24-16-8-2-3-9-16/h1,4-7,10-13,16H,2-3,8-9,14H2,(H,24,26). The monoisotopic (exact) mass is 440 g/mol. The Bertz CT molecular complexity index is 935. The molecular formula is C22H21BrN2O3. The fraction of sp³-hybridized carbons (Fsp3) is 0.273. The summed E-state index contributed by atoms with van der Waals surface area (Å²) in [5.74, 6) is 0.293. The Morgan fingerprint density at radius 2 is 1.86 bits per heavy atom. The highest BCUT2D eigenvalue weighted by molar-refractivity contribution is 9.10. The van der Waals surface area contributed by atoms with Crippen molar-refractivity contribution in [2.45, 2.75) is 31.7 Å². The number of hydrogen-bond acceptors (Lipinski definition) is 3. The summed E-state index contributed by atoms with van der Waals surface area (Å²) >= 11 is 3.49. The van der Waals surface area contributed by atoms with Crippen molar-refractivity contribution in [2.24, 2.45) is 0 Å².